The number of esters is 2. The molecule has 0 fully saturated rings. The largest absolute Gasteiger partial charge is 0.497 e. The Morgan fingerprint density at radius 1 is 1.08 bits per heavy atom. The molecule has 3 rings (SSSR count). The molecule has 0 spiro atoms. The third-order valence-corrected chi connectivity index (χ3v) is 5.37. The van der Waals surface area contributed by atoms with Crippen molar-refractivity contribution < 1.29 is 23.8 Å². The average molecular weight is 342 g/mol. The highest BCUT2D eigenvalue weighted by Crippen LogP contribution is 2.45. The van der Waals surface area contributed by atoms with Crippen molar-refractivity contribution in [1.29, 1.82) is 0 Å². The number of rotatable bonds is 3. The fourth-order valence-electron chi connectivity index (χ4n) is 3.98. The first-order chi connectivity index (χ1) is 12.0. The Hall–Kier alpha value is -2.56. The van der Waals surface area contributed by atoms with Gasteiger partial charge < -0.3 is 14.2 Å². The van der Waals surface area contributed by atoms with Crippen molar-refractivity contribution in [2.45, 2.75) is 25.2 Å². The predicted molar refractivity (Wildman–Crippen MR) is 93.7 cm³/mol. The van der Waals surface area contributed by atoms with Gasteiger partial charge in [-0.05, 0) is 53.8 Å². The summed E-state index contributed by atoms with van der Waals surface area (Å²) in [7, 11) is 4.33. The normalized spacial score (nSPS) is 22.2. The van der Waals surface area contributed by atoms with Gasteiger partial charge in [-0.2, -0.15) is 0 Å². The second-order valence-electron chi connectivity index (χ2n) is 6.49. The molecule has 25 heavy (non-hydrogen) atoms. The Labute approximate surface area is 146 Å². The lowest BCUT2D eigenvalue weighted by Gasteiger charge is -2.39. The maximum atomic E-state index is 12.7. The van der Waals surface area contributed by atoms with E-state index >= 15 is 0 Å². The topological polar surface area (TPSA) is 61.8 Å². The van der Waals surface area contributed by atoms with Crippen LogP contribution < -0.4 is 4.74 Å². The monoisotopic (exact) mass is 342 g/mol. The van der Waals surface area contributed by atoms with Crippen LogP contribution in [-0.2, 0) is 30.9 Å². The second-order valence-corrected chi connectivity index (χ2v) is 6.49. The van der Waals surface area contributed by atoms with Crippen LogP contribution in [0.1, 0.15) is 24.5 Å². The van der Waals surface area contributed by atoms with E-state index in [1.165, 1.54) is 14.2 Å². The van der Waals surface area contributed by atoms with E-state index < -0.39 is 17.3 Å². The molecular weight excluding hydrogens is 320 g/mol. The summed E-state index contributed by atoms with van der Waals surface area (Å²) in [5.41, 5.74) is 0.843. The van der Waals surface area contributed by atoms with Gasteiger partial charge in [0, 0.05) is 0 Å². The van der Waals surface area contributed by atoms with Crippen LogP contribution in [-0.4, -0.2) is 33.3 Å². The van der Waals surface area contributed by atoms with Gasteiger partial charge in [-0.3, -0.25) is 9.59 Å². The van der Waals surface area contributed by atoms with E-state index in [0.29, 0.717) is 12.8 Å². The predicted octanol–water partition coefficient (Wildman–Crippen LogP) is 3.01. The molecule has 2 atom stereocenters. The minimum absolute atomic E-state index is 0.381. The van der Waals surface area contributed by atoms with Gasteiger partial charge in [-0.15, -0.1) is 0 Å². The standard InChI is InChI=1S/C20H22O5/c1-20(19(22)25-4)16-9-5-12-11-13(23-2)6-7-14(12)15(16)8-10-17(20)18(21)24-3/h5-7,9,11,17H,8,10H2,1-4H3/t17-,20+/m0/s1. The van der Waals surface area contributed by atoms with E-state index in [-0.39, 0.29) is 5.97 Å². The SMILES string of the molecule is COC(=O)[C@@H]1CCc2c(ccc3cc(OC)ccc23)[C@@]1(C)C(=O)OC. The molecule has 0 bridgehead atoms. The first-order valence-corrected chi connectivity index (χ1v) is 8.23. The molecule has 1 aliphatic carbocycles. The molecule has 0 unspecified atom stereocenters. The van der Waals surface area contributed by atoms with Crippen molar-refractivity contribution in [3.63, 3.8) is 0 Å². The van der Waals surface area contributed by atoms with Crippen LogP contribution in [0.15, 0.2) is 30.3 Å². The van der Waals surface area contributed by atoms with E-state index in [1.807, 2.05) is 30.3 Å². The molecule has 0 amide bonds. The Morgan fingerprint density at radius 2 is 1.84 bits per heavy atom. The number of hydrogen-bond donors (Lipinski definition) is 0. The van der Waals surface area contributed by atoms with Gasteiger partial charge in [0.2, 0.25) is 0 Å². The van der Waals surface area contributed by atoms with Gasteiger partial charge in [-0.25, -0.2) is 0 Å². The van der Waals surface area contributed by atoms with Gasteiger partial charge >= 0.3 is 11.9 Å². The summed E-state index contributed by atoms with van der Waals surface area (Å²) >= 11 is 0. The Bertz CT molecular complexity index is 841. The van der Waals surface area contributed by atoms with Crippen molar-refractivity contribution >= 4 is 22.7 Å². The number of carbonyl (C=O) groups excluding carboxylic acids is 2. The highest BCUT2D eigenvalue weighted by Gasteiger charge is 2.51. The molecule has 0 N–H and O–H groups in total. The molecule has 0 saturated carbocycles. The summed E-state index contributed by atoms with van der Waals surface area (Å²) in [6.45, 7) is 1.77. The lowest BCUT2D eigenvalue weighted by molar-refractivity contribution is -0.160. The van der Waals surface area contributed by atoms with Crippen molar-refractivity contribution in [2.75, 3.05) is 21.3 Å². The molecular formula is C20H22O5. The Kier molecular flexibility index (Phi) is 4.41. The van der Waals surface area contributed by atoms with Crippen molar-refractivity contribution in [2.24, 2.45) is 5.92 Å². The number of carbonyl (C=O) groups is 2. The number of ether oxygens (including phenoxy) is 3. The number of hydrogen-bond acceptors (Lipinski definition) is 5. The summed E-state index contributed by atoms with van der Waals surface area (Å²) in [5, 5.41) is 2.11. The quantitative estimate of drug-likeness (QED) is 0.803. The van der Waals surface area contributed by atoms with Crippen LogP contribution in [0.5, 0.6) is 5.75 Å². The number of fused-ring (bicyclic) bond motifs is 3. The molecule has 2 aromatic carbocycles. The van der Waals surface area contributed by atoms with E-state index in [4.69, 9.17) is 14.2 Å². The second kappa shape index (κ2) is 6.39. The van der Waals surface area contributed by atoms with Gasteiger partial charge in [0.25, 0.3) is 0 Å². The fourth-order valence-corrected chi connectivity index (χ4v) is 3.98. The van der Waals surface area contributed by atoms with Crippen LogP contribution in [0.2, 0.25) is 0 Å². The molecule has 5 heteroatoms. The molecule has 132 valence electrons. The van der Waals surface area contributed by atoms with Gasteiger partial charge in [0.05, 0.1) is 27.2 Å². The molecule has 1 aliphatic rings. The van der Waals surface area contributed by atoms with Gasteiger partial charge in [0.1, 0.15) is 11.2 Å². The van der Waals surface area contributed by atoms with E-state index in [2.05, 4.69) is 0 Å². The van der Waals surface area contributed by atoms with Crippen molar-refractivity contribution in [1.82, 2.24) is 0 Å². The molecule has 0 aromatic heterocycles. The Balaban J connectivity index is 2.24. The van der Waals surface area contributed by atoms with E-state index in [0.717, 1.165) is 27.6 Å². The smallest absolute Gasteiger partial charge is 0.316 e. The maximum Gasteiger partial charge on any atom is 0.316 e. The lowest BCUT2D eigenvalue weighted by atomic mass is 9.63. The molecule has 0 radical (unpaired) electrons. The third kappa shape index (κ3) is 2.54. The lowest BCUT2D eigenvalue weighted by Crippen LogP contribution is -2.48. The van der Waals surface area contributed by atoms with Gasteiger partial charge in [-0.1, -0.05) is 18.2 Å². The average Bonchev–Trinajstić information content (AvgIpc) is 2.66. The number of methoxy groups -OCH3 is 3. The van der Waals surface area contributed by atoms with Crippen LogP contribution in [0.25, 0.3) is 10.8 Å². The van der Waals surface area contributed by atoms with Crippen LogP contribution in [0, 0.1) is 5.92 Å². The first-order valence-electron chi connectivity index (χ1n) is 8.23. The third-order valence-electron chi connectivity index (χ3n) is 5.37. The van der Waals surface area contributed by atoms with Gasteiger partial charge in [0.15, 0.2) is 0 Å². The van der Waals surface area contributed by atoms with Crippen molar-refractivity contribution in [3.8, 4) is 5.75 Å². The van der Waals surface area contributed by atoms with Crippen LogP contribution >= 0.6 is 0 Å². The highest BCUT2D eigenvalue weighted by atomic mass is 16.5. The molecule has 2 aromatic rings. The summed E-state index contributed by atoms with van der Waals surface area (Å²) < 4.78 is 15.3. The fraction of sp³-hybridized carbons (Fsp3) is 0.400. The van der Waals surface area contributed by atoms with E-state index in [1.54, 1.807) is 14.0 Å². The zero-order valence-electron chi connectivity index (χ0n) is 14.9. The van der Waals surface area contributed by atoms with Crippen molar-refractivity contribution in [3.05, 3.63) is 41.5 Å². The molecule has 0 aliphatic heterocycles. The van der Waals surface area contributed by atoms with E-state index in [9.17, 15) is 9.59 Å². The maximum absolute atomic E-state index is 12.7. The Morgan fingerprint density at radius 3 is 2.48 bits per heavy atom. The summed E-state index contributed by atoms with van der Waals surface area (Å²) in [5.74, 6) is -0.579. The summed E-state index contributed by atoms with van der Waals surface area (Å²) in [6.07, 6.45) is 1.24. The molecule has 5 nitrogen and oxygen atoms in total. The first kappa shape index (κ1) is 17.3. The minimum atomic E-state index is -1.07. The zero-order valence-corrected chi connectivity index (χ0v) is 14.9. The summed E-state index contributed by atoms with van der Waals surface area (Å²) in [6, 6.07) is 9.76. The molecule has 0 heterocycles. The molecule has 0 saturated heterocycles. The number of benzene rings is 2. The van der Waals surface area contributed by atoms with Crippen LogP contribution in [0.4, 0.5) is 0 Å². The number of aryl methyl sites for hydroxylation is 1. The summed E-state index contributed by atoms with van der Waals surface area (Å²) in [4.78, 5) is 25.0. The van der Waals surface area contributed by atoms with Crippen LogP contribution in [0.3, 0.4) is 0 Å². The highest BCUT2D eigenvalue weighted by molar-refractivity contribution is 5.95. The zero-order chi connectivity index (χ0) is 18.2. The minimum Gasteiger partial charge on any atom is -0.497 e.